The molecule has 0 radical (unpaired) electrons. The second kappa shape index (κ2) is 8.44. The molecular weight excluding hydrogens is 345 g/mol. The zero-order valence-electron chi connectivity index (χ0n) is 13.1. The quantitative estimate of drug-likeness (QED) is 0.381. The summed E-state index contributed by atoms with van der Waals surface area (Å²) in [6.07, 6.45) is 3.39. The van der Waals surface area contributed by atoms with Crippen LogP contribution in [0.2, 0.25) is 10.0 Å². The number of ether oxygens (including phenoxy) is 2. The highest BCUT2D eigenvalue weighted by molar-refractivity contribution is 6.36. The first-order valence-electron chi connectivity index (χ1n) is 7.08. The Kier molecular flexibility index (Phi) is 6.31. The Labute approximate surface area is 151 Å². The lowest BCUT2D eigenvalue weighted by Crippen LogP contribution is -1.96. The van der Waals surface area contributed by atoms with Crippen LogP contribution in [0.15, 0.2) is 49.1 Å². The van der Waals surface area contributed by atoms with Crippen molar-refractivity contribution in [3.8, 4) is 17.6 Å². The Morgan fingerprint density at radius 1 is 1.21 bits per heavy atom. The summed E-state index contributed by atoms with van der Waals surface area (Å²) in [7, 11) is 1.56. The van der Waals surface area contributed by atoms with E-state index < -0.39 is 0 Å². The van der Waals surface area contributed by atoms with Gasteiger partial charge in [-0.05, 0) is 35.9 Å². The molecule has 0 saturated carbocycles. The van der Waals surface area contributed by atoms with Crippen molar-refractivity contribution >= 4 is 34.9 Å². The van der Waals surface area contributed by atoms with Crippen molar-refractivity contribution in [1.82, 2.24) is 0 Å². The molecule has 0 spiro atoms. The minimum atomic E-state index is 0.384. The molecule has 0 aliphatic rings. The lowest BCUT2D eigenvalue weighted by atomic mass is 10.0. The van der Waals surface area contributed by atoms with Gasteiger partial charge in [0.05, 0.1) is 23.8 Å². The molecule has 0 aliphatic carbocycles. The van der Waals surface area contributed by atoms with Gasteiger partial charge in [-0.1, -0.05) is 48.0 Å². The van der Waals surface area contributed by atoms with E-state index in [1.54, 1.807) is 49.6 Å². The van der Waals surface area contributed by atoms with Crippen LogP contribution in [0.3, 0.4) is 0 Å². The van der Waals surface area contributed by atoms with Crippen LogP contribution in [-0.2, 0) is 0 Å². The Bertz CT molecular complexity index is 823. The SMILES string of the molecule is C=CCOc1ccc(/C=C(\C#N)c2ccc(Cl)cc2Cl)cc1OC. The second-order valence-corrected chi connectivity index (χ2v) is 5.65. The molecule has 0 atom stereocenters. The normalized spacial score (nSPS) is 10.8. The summed E-state index contributed by atoms with van der Waals surface area (Å²) in [5, 5.41) is 10.4. The average Bonchev–Trinajstić information content (AvgIpc) is 2.58. The van der Waals surface area contributed by atoms with E-state index in [4.69, 9.17) is 32.7 Å². The molecule has 0 fully saturated rings. The van der Waals surface area contributed by atoms with Gasteiger partial charge in [-0.25, -0.2) is 0 Å². The molecule has 2 aromatic rings. The van der Waals surface area contributed by atoms with Crippen LogP contribution < -0.4 is 9.47 Å². The van der Waals surface area contributed by atoms with Gasteiger partial charge in [-0.2, -0.15) is 5.26 Å². The molecule has 24 heavy (non-hydrogen) atoms. The van der Waals surface area contributed by atoms with Crippen molar-refractivity contribution in [3.05, 3.63) is 70.2 Å². The minimum absolute atomic E-state index is 0.384. The van der Waals surface area contributed by atoms with Gasteiger partial charge < -0.3 is 9.47 Å². The monoisotopic (exact) mass is 359 g/mol. The Morgan fingerprint density at radius 2 is 2.00 bits per heavy atom. The Hall–Kier alpha value is -2.41. The van der Waals surface area contributed by atoms with Crippen LogP contribution in [0.1, 0.15) is 11.1 Å². The van der Waals surface area contributed by atoms with Gasteiger partial charge >= 0.3 is 0 Å². The number of allylic oxidation sites excluding steroid dienone is 1. The smallest absolute Gasteiger partial charge is 0.161 e. The molecule has 0 unspecified atom stereocenters. The maximum absolute atomic E-state index is 9.45. The highest BCUT2D eigenvalue weighted by Gasteiger charge is 2.09. The molecule has 0 saturated heterocycles. The fraction of sp³-hybridized carbons (Fsp3) is 0.105. The third-order valence-electron chi connectivity index (χ3n) is 3.20. The van der Waals surface area contributed by atoms with E-state index in [0.29, 0.717) is 39.3 Å². The summed E-state index contributed by atoms with van der Waals surface area (Å²) in [6.45, 7) is 4.00. The molecule has 0 bridgehead atoms. The van der Waals surface area contributed by atoms with Gasteiger partial charge in [0.15, 0.2) is 11.5 Å². The summed E-state index contributed by atoms with van der Waals surface area (Å²) in [5.41, 5.74) is 1.84. The molecule has 5 heteroatoms. The van der Waals surface area contributed by atoms with E-state index in [1.165, 1.54) is 0 Å². The van der Waals surface area contributed by atoms with Crippen molar-refractivity contribution in [2.75, 3.05) is 13.7 Å². The fourth-order valence-electron chi connectivity index (χ4n) is 2.09. The maximum atomic E-state index is 9.45. The summed E-state index contributed by atoms with van der Waals surface area (Å²) < 4.78 is 10.8. The molecular formula is C19H15Cl2NO2. The zero-order chi connectivity index (χ0) is 17.5. The van der Waals surface area contributed by atoms with Crippen LogP contribution in [0.5, 0.6) is 11.5 Å². The van der Waals surface area contributed by atoms with Crippen molar-refractivity contribution in [1.29, 1.82) is 5.26 Å². The standard InChI is InChI=1S/C19H15Cl2NO2/c1-3-8-24-18-7-4-13(10-19(18)23-2)9-14(12-22)16-6-5-15(20)11-17(16)21/h3-7,9-11H,1,8H2,2H3/b14-9+. The van der Waals surface area contributed by atoms with Crippen LogP contribution in [-0.4, -0.2) is 13.7 Å². The average molecular weight is 360 g/mol. The first kappa shape index (κ1) is 17.9. The first-order chi connectivity index (χ1) is 11.6. The zero-order valence-corrected chi connectivity index (χ0v) is 14.6. The summed E-state index contributed by atoms with van der Waals surface area (Å²) in [6, 6.07) is 12.6. The highest BCUT2D eigenvalue weighted by atomic mass is 35.5. The number of hydrogen-bond acceptors (Lipinski definition) is 3. The molecule has 122 valence electrons. The summed E-state index contributed by atoms with van der Waals surface area (Å²) in [5.74, 6) is 1.18. The van der Waals surface area contributed by atoms with Gasteiger partial charge in [0.1, 0.15) is 6.61 Å². The van der Waals surface area contributed by atoms with E-state index in [1.807, 2.05) is 6.07 Å². The molecule has 0 aromatic heterocycles. The third-order valence-corrected chi connectivity index (χ3v) is 3.74. The van der Waals surface area contributed by atoms with Crippen molar-refractivity contribution in [2.24, 2.45) is 0 Å². The molecule has 0 aliphatic heterocycles. The Morgan fingerprint density at radius 3 is 2.62 bits per heavy atom. The van der Waals surface area contributed by atoms with E-state index in [9.17, 15) is 5.26 Å². The number of nitriles is 1. The molecule has 2 rings (SSSR count). The van der Waals surface area contributed by atoms with Crippen LogP contribution in [0, 0.1) is 11.3 Å². The predicted octanol–water partition coefficient (Wildman–Crippen LogP) is 5.63. The first-order valence-corrected chi connectivity index (χ1v) is 7.83. The highest BCUT2D eigenvalue weighted by Crippen LogP contribution is 2.31. The molecule has 3 nitrogen and oxygen atoms in total. The molecule has 0 N–H and O–H groups in total. The third kappa shape index (κ3) is 4.32. The van der Waals surface area contributed by atoms with E-state index in [-0.39, 0.29) is 0 Å². The number of benzene rings is 2. The molecule has 0 amide bonds. The number of halogens is 2. The van der Waals surface area contributed by atoms with Gasteiger partial charge in [0.2, 0.25) is 0 Å². The maximum Gasteiger partial charge on any atom is 0.161 e. The predicted molar refractivity (Wildman–Crippen MR) is 98.6 cm³/mol. The molecule has 2 aromatic carbocycles. The number of hydrogen-bond donors (Lipinski definition) is 0. The summed E-state index contributed by atoms with van der Waals surface area (Å²) in [4.78, 5) is 0. The van der Waals surface area contributed by atoms with Crippen LogP contribution in [0.25, 0.3) is 11.6 Å². The number of methoxy groups -OCH3 is 1. The summed E-state index contributed by atoms with van der Waals surface area (Å²) >= 11 is 12.1. The fourth-order valence-corrected chi connectivity index (χ4v) is 2.60. The number of rotatable bonds is 6. The Balaban J connectivity index is 2.40. The van der Waals surface area contributed by atoms with E-state index >= 15 is 0 Å². The van der Waals surface area contributed by atoms with E-state index in [2.05, 4.69) is 12.6 Å². The van der Waals surface area contributed by atoms with Gasteiger partial charge in [-0.15, -0.1) is 0 Å². The van der Waals surface area contributed by atoms with E-state index in [0.717, 1.165) is 5.56 Å². The van der Waals surface area contributed by atoms with Crippen molar-refractivity contribution in [3.63, 3.8) is 0 Å². The van der Waals surface area contributed by atoms with Crippen molar-refractivity contribution < 1.29 is 9.47 Å². The van der Waals surface area contributed by atoms with Crippen LogP contribution >= 0.6 is 23.2 Å². The topological polar surface area (TPSA) is 42.2 Å². The number of nitrogens with zero attached hydrogens (tertiary/aromatic N) is 1. The minimum Gasteiger partial charge on any atom is -0.493 e. The second-order valence-electron chi connectivity index (χ2n) is 4.80. The van der Waals surface area contributed by atoms with Gasteiger partial charge in [0.25, 0.3) is 0 Å². The van der Waals surface area contributed by atoms with Crippen molar-refractivity contribution in [2.45, 2.75) is 0 Å². The van der Waals surface area contributed by atoms with Crippen LogP contribution in [0.4, 0.5) is 0 Å². The van der Waals surface area contributed by atoms with Gasteiger partial charge in [0, 0.05) is 10.6 Å². The molecule has 0 heterocycles. The van der Waals surface area contributed by atoms with Gasteiger partial charge in [-0.3, -0.25) is 0 Å². The lowest BCUT2D eigenvalue weighted by Gasteiger charge is -2.10. The lowest BCUT2D eigenvalue weighted by molar-refractivity contribution is 0.326. The largest absolute Gasteiger partial charge is 0.493 e.